The lowest BCUT2D eigenvalue weighted by Gasteiger charge is -2.57. The molecule has 125 heavy (non-hydrogen) atoms. The van der Waals surface area contributed by atoms with Crippen molar-refractivity contribution in [2.75, 3.05) is 6.67 Å². The molecular weight excluding hydrogens is 1580 g/mol. The van der Waals surface area contributed by atoms with Crippen LogP contribution in [-0.4, -0.2) is 135 Å². The van der Waals surface area contributed by atoms with Gasteiger partial charge in [-0.3, -0.25) is 37.6 Å². The molecule has 0 radical (unpaired) electrons. The first kappa shape index (κ1) is 90.4. The van der Waals surface area contributed by atoms with E-state index in [-0.39, 0.29) is 107 Å². The zero-order valence-corrected chi connectivity index (χ0v) is 76.4. The second kappa shape index (κ2) is 34.6. The van der Waals surface area contributed by atoms with Gasteiger partial charge in [-0.2, -0.15) is 25.4 Å². The van der Waals surface area contributed by atoms with Gasteiger partial charge in [-0.15, -0.1) is 10.2 Å². The minimum atomic E-state index is -0.915. The Bertz CT molecular complexity index is 4570. The molecular formula is C101H144F3N13O8. The minimum Gasteiger partial charge on any atom is -0.390 e. The third-order valence-electron chi connectivity index (χ3n) is 39.4. The molecule has 0 spiro atoms. The van der Waals surface area contributed by atoms with Crippen LogP contribution in [0.5, 0.6) is 0 Å². The first-order valence-electron chi connectivity index (χ1n) is 49.2. The van der Waals surface area contributed by atoms with E-state index in [4.69, 9.17) is 18.4 Å². The number of fused-ring (bicyclic) bond motifs is 20. The number of aromatic nitrogens is 10. The third-order valence-corrected chi connectivity index (χ3v) is 39.4. The van der Waals surface area contributed by atoms with Gasteiger partial charge in [0.1, 0.15) is 25.0 Å². The summed E-state index contributed by atoms with van der Waals surface area (Å²) >= 11 is 0. The molecule has 16 fully saturated rings. The number of hydrogen-bond donors (Lipinski definition) is 4. The maximum Gasteiger partial charge on any atom is 0.224 e. The Morgan fingerprint density at radius 1 is 0.456 bits per heavy atom. The van der Waals surface area contributed by atoms with E-state index in [1.807, 2.05) is 33.8 Å². The summed E-state index contributed by atoms with van der Waals surface area (Å²) in [6, 6.07) is 3.60. The van der Waals surface area contributed by atoms with E-state index >= 15 is 8.78 Å². The van der Waals surface area contributed by atoms with Crippen LogP contribution >= 0.6 is 0 Å². The molecule has 0 amide bonds. The van der Waals surface area contributed by atoms with Gasteiger partial charge in [0.15, 0.2) is 34.7 Å². The number of ketones is 4. The van der Waals surface area contributed by atoms with Gasteiger partial charge in [-0.1, -0.05) is 41.0 Å². The summed E-state index contributed by atoms with van der Waals surface area (Å²) < 4.78 is 50.2. The highest BCUT2D eigenvalue weighted by atomic mass is 19.1. The number of carbonyl (C=O) groups excluding carboxylic acids is 4. The van der Waals surface area contributed by atoms with Crippen molar-refractivity contribution in [3.63, 3.8) is 0 Å². The number of carbonyl (C=O) groups is 4. The van der Waals surface area contributed by atoms with E-state index in [0.29, 0.717) is 149 Å². The van der Waals surface area contributed by atoms with Crippen molar-refractivity contribution in [2.24, 2.45) is 176 Å². The van der Waals surface area contributed by atoms with Crippen molar-refractivity contribution in [1.82, 2.24) is 49.5 Å². The molecule has 0 saturated heterocycles. The summed E-state index contributed by atoms with van der Waals surface area (Å²) in [4.78, 5) is 61.5. The Morgan fingerprint density at radius 2 is 0.792 bits per heavy atom. The van der Waals surface area contributed by atoms with Gasteiger partial charge in [-0.05, 0) is 403 Å². The normalized spacial score (nSPS) is 46.3. The van der Waals surface area contributed by atoms with Gasteiger partial charge >= 0.3 is 0 Å². The first-order valence-corrected chi connectivity index (χ1v) is 49.2. The maximum atomic E-state index is 15.6. The molecule has 4 aromatic rings. The zero-order valence-electron chi connectivity index (χ0n) is 76.4. The molecule has 4 aromatic heterocycles. The lowest BCUT2D eigenvalue weighted by Crippen LogP contribution is -2.52. The Kier molecular flexibility index (Phi) is 25.1. The predicted octanol–water partition coefficient (Wildman–Crippen LogP) is 18.7. The van der Waals surface area contributed by atoms with Crippen LogP contribution in [0.15, 0.2) is 37.1 Å². The number of hydrogen-bond acceptors (Lipinski definition) is 15. The quantitative estimate of drug-likeness (QED) is 0.0854. The number of aryl methyl sites for hydroxylation is 1. The van der Waals surface area contributed by atoms with Crippen LogP contribution in [-0.2, 0) is 45.4 Å². The summed E-state index contributed by atoms with van der Waals surface area (Å²) in [6.45, 7) is 35.7. The van der Waals surface area contributed by atoms with Gasteiger partial charge < -0.3 is 20.4 Å². The second-order valence-electron chi connectivity index (χ2n) is 46.6. The number of rotatable bonds is 14. The molecule has 20 rings (SSSR count). The van der Waals surface area contributed by atoms with E-state index in [9.17, 15) is 44.0 Å². The molecule has 16 aliphatic carbocycles. The second-order valence-corrected chi connectivity index (χ2v) is 46.6. The van der Waals surface area contributed by atoms with Crippen LogP contribution in [0.25, 0.3) is 9.69 Å². The standard InChI is InChI=1S/C27H39N3O2.2C25H34FN3O2.C24H37FN4O2/c1-5-17-12-23(24(31)16-30-15-19(28-4)14-29-30)27(3)11-9-21-20-8-10-26(2,32)13-18(20)6-7-22(21)25(17)27;1-24(31)8-6-17-15(11-24)4-5-19-18(17)7-9-25(2)20(10-21(26)23(19)25)22(30)14-29-13-16(27-3)12-28-29;1-24(31)8-5-17-15(12-24)3-4-19-18(17)6-9-25(2)20(11-21(26)23(19)25)22(30)14-29-10-7-16(13-27)28-29;1-14-26-28-29(27-14)13-21(30)20-10-16(12-25)22-19-5-4-15-11-23(2,31)8-6-17(15)18(19)7-9-24(20,22)3/h14-15,17-18,20-23,25,32H,5-13,16H2,1-3H3;12-13,15,17-21,23,31H,4-11,14H2,1-2H3;7,10,15,17-21,23,31H,3-6,8-9,11-12,14H2,1-2H3;15-20,22,31H,4-13H2,1-3H3/t17-,18-,20+,21-,22-,23-,25+,26-,27-;2*15-,17+,18-,19-,20-,21?,23-,24-,25-;15-,16+,17+,18-,19-,20-,22+,23-,24-/m1111/s1. The molecule has 0 bridgehead atoms. The average Bonchev–Trinajstić information content (AvgIpc) is 1.63. The van der Waals surface area contributed by atoms with E-state index in [2.05, 4.69) is 75.0 Å². The van der Waals surface area contributed by atoms with E-state index in [0.717, 1.165) is 178 Å². The SMILES string of the molecule is C[C@@]1(O)CC[C@H]2[C@H](CC[C@@H]3[C@@H]2CC[C@]2(C)[C@@H](C(=O)Cn4ccc(C#N)n4)CC(F)[C@@H]32)C1.Cc1nnn(CC(=O)[C@H]2C[C@@H](CF)[C@H]3[C@@H]4CC[C@@H]5C[C@](C)(O)CC[C@@H]5[C@H]4CC[C@@]32C)n1.[C-]#[N+]c1cnn(CC(=O)[C@H]2CC(F)[C@H]3[C@@H]4CC[C@@H]5C[C@](C)(O)CC[C@@H]5[C@H]4CC[C@]23C)c1.[C-]#[N+]c1cnn(CC(=O)[C@H]2C[C@@H](CC)[C@H]3[C@@H]4CC[C@@H]5C[C@](C)(O)CC[C@@H]5[C@H]4CC[C@@]32C)c1. The number of alkyl halides is 3. The number of aliphatic hydroxyl groups is 4. The lowest BCUT2D eigenvalue weighted by molar-refractivity contribution is -0.134. The van der Waals surface area contributed by atoms with Crippen LogP contribution < -0.4 is 0 Å². The van der Waals surface area contributed by atoms with Gasteiger partial charge in [0.05, 0.1) is 74.3 Å². The Morgan fingerprint density at radius 3 is 1.13 bits per heavy atom. The Balaban J connectivity index is 0.000000118. The van der Waals surface area contributed by atoms with Crippen molar-refractivity contribution in [1.29, 1.82) is 5.26 Å². The largest absolute Gasteiger partial charge is 0.390 e. The predicted molar refractivity (Wildman–Crippen MR) is 466 cm³/mol. The molecule has 24 heteroatoms. The van der Waals surface area contributed by atoms with Crippen LogP contribution in [0.3, 0.4) is 0 Å². The number of nitrogens with zero attached hydrogens (tertiary/aromatic N) is 13. The highest BCUT2D eigenvalue weighted by molar-refractivity contribution is 5.84. The Hall–Kier alpha value is -6.52. The van der Waals surface area contributed by atoms with Gasteiger partial charge in [-0.25, -0.2) is 18.5 Å². The number of nitriles is 1. The van der Waals surface area contributed by atoms with Gasteiger partial charge in [0.25, 0.3) is 0 Å². The van der Waals surface area contributed by atoms with E-state index in [1.54, 1.807) is 42.5 Å². The molecule has 0 aliphatic heterocycles. The van der Waals surface area contributed by atoms with Crippen LogP contribution in [0.4, 0.5) is 24.5 Å². The fourth-order valence-corrected chi connectivity index (χ4v) is 34.4. The number of tetrazole rings is 1. The van der Waals surface area contributed by atoms with Crippen molar-refractivity contribution < 1.29 is 52.8 Å². The van der Waals surface area contributed by atoms with Gasteiger partial charge in [0.2, 0.25) is 11.4 Å². The average molecular weight is 1730 g/mol. The number of Topliss-reactive ketones (excluding diaryl/α,β-unsaturated/α-hetero) is 4. The summed E-state index contributed by atoms with van der Waals surface area (Å²) in [6.07, 6.45) is 39.0. The van der Waals surface area contributed by atoms with Crippen LogP contribution in [0.1, 0.15) is 286 Å². The molecule has 0 aromatic carbocycles. The first-order chi connectivity index (χ1) is 59.4. The molecule has 36 atom stereocenters. The summed E-state index contributed by atoms with van der Waals surface area (Å²) in [5, 5.41) is 75.9. The molecule has 16 saturated carbocycles. The van der Waals surface area contributed by atoms with Crippen molar-refractivity contribution >= 4 is 34.5 Å². The van der Waals surface area contributed by atoms with Crippen LogP contribution in [0.2, 0.25) is 0 Å². The molecule has 2 unspecified atom stereocenters. The fraction of sp³-hybridized carbons (Fsp3) is 0.832. The third kappa shape index (κ3) is 17.0. The molecule has 21 nitrogen and oxygen atoms in total. The van der Waals surface area contributed by atoms with E-state index < -0.39 is 34.7 Å². The minimum absolute atomic E-state index is 0.0135. The zero-order chi connectivity index (χ0) is 88.6. The monoisotopic (exact) mass is 1720 g/mol. The van der Waals surface area contributed by atoms with Crippen molar-refractivity contribution in [3.05, 3.63) is 71.4 Å². The highest BCUT2D eigenvalue weighted by Gasteiger charge is 2.68. The van der Waals surface area contributed by atoms with Crippen LogP contribution in [0, 0.1) is 207 Å². The topological polar surface area (TPSA) is 279 Å². The maximum absolute atomic E-state index is 15.6. The van der Waals surface area contributed by atoms with Crippen molar-refractivity contribution in [2.45, 2.75) is 342 Å². The molecule has 4 heterocycles. The lowest BCUT2D eigenvalue weighted by atomic mass is 9.48. The van der Waals surface area contributed by atoms with Gasteiger partial charge in [0, 0.05) is 42.3 Å². The summed E-state index contributed by atoms with van der Waals surface area (Å²) in [5.74, 6) is 11.8. The highest BCUT2D eigenvalue weighted by Crippen LogP contribution is 2.72. The Labute approximate surface area is 739 Å². The molecule has 4 N–H and O–H groups in total. The smallest absolute Gasteiger partial charge is 0.224 e. The molecule has 682 valence electrons. The summed E-state index contributed by atoms with van der Waals surface area (Å²) in [5.41, 5.74) is -1.41. The van der Waals surface area contributed by atoms with E-state index in [1.165, 1.54) is 52.5 Å². The number of halogens is 3. The summed E-state index contributed by atoms with van der Waals surface area (Å²) in [7, 11) is 0. The fourth-order valence-electron chi connectivity index (χ4n) is 34.4. The molecule has 16 aliphatic rings. The van der Waals surface area contributed by atoms with Crippen molar-refractivity contribution in [3.8, 4) is 6.07 Å².